The van der Waals surface area contributed by atoms with Crippen molar-refractivity contribution >= 4 is 17.5 Å². The van der Waals surface area contributed by atoms with Crippen molar-refractivity contribution in [3.63, 3.8) is 0 Å². The second kappa shape index (κ2) is 9.27. The van der Waals surface area contributed by atoms with Gasteiger partial charge in [-0.1, -0.05) is 35.9 Å². The molecule has 1 aliphatic rings. The van der Waals surface area contributed by atoms with Crippen LogP contribution in [0.25, 0.3) is 11.3 Å². The van der Waals surface area contributed by atoms with Crippen molar-refractivity contribution in [1.29, 1.82) is 0 Å². The third kappa shape index (κ3) is 4.33. The Hall–Kier alpha value is -2.96. The highest BCUT2D eigenvalue weighted by atomic mass is 35.5. The Morgan fingerprint density at radius 2 is 1.91 bits per heavy atom. The Bertz CT molecular complexity index is 1180. The smallest absolute Gasteiger partial charge is 0.267 e. The predicted molar refractivity (Wildman–Crippen MR) is 127 cm³/mol. The standard InChI is InChI=1S/C25H27ClN4O2/c1-28-24(32)18-5-2-4-17(14-18)22-8-9-23(31)30(29-22)21-10-12-25(16-27,13-11-21)19-6-3-7-20(26)15-19/h2-9,14-15,21H,10-13,16,27H2,1H3,(H,28,32)/t21-,25-. The van der Waals surface area contributed by atoms with Crippen LogP contribution in [0, 0.1) is 0 Å². The van der Waals surface area contributed by atoms with E-state index in [0.29, 0.717) is 22.8 Å². The number of halogens is 1. The van der Waals surface area contributed by atoms with Crippen molar-refractivity contribution in [2.75, 3.05) is 13.6 Å². The number of nitrogens with one attached hydrogen (secondary N) is 1. The molecule has 0 bridgehead atoms. The van der Waals surface area contributed by atoms with Crippen LogP contribution in [0.1, 0.15) is 47.6 Å². The molecular weight excluding hydrogens is 424 g/mol. The number of amides is 1. The molecule has 1 fully saturated rings. The van der Waals surface area contributed by atoms with Crippen LogP contribution < -0.4 is 16.6 Å². The van der Waals surface area contributed by atoms with Crippen LogP contribution in [0.5, 0.6) is 0 Å². The molecule has 6 nitrogen and oxygen atoms in total. The topological polar surface area (TPSA) is 90.0 Å². The molecule has 3 aromatic rings. The molecule has 1 heterocycles. The summed E-state index contributed by atoms with van der Waals surface area (Å²) in [7, 11) is 1.60. The fraction of sp³-hybridized carbons (Fsp3) is 0.320. The number of nitrogens with two attached hydrogens (primary N) is 1. The van der Waals surface area contributed by atoms with Crippen LogP contribution in [0.3, 0.4) is 0 Å². The average molecular weight is 451 g/mol. The number of carbonyl (C=O) groups excluding carboxylic acids is 1. The number of benzene rings is 2. The van der Waals surface area contributed by atoms with Crippen molar-refractivity contribution < 1.29 is 4.79 Å². The molecule has 1 aromatic heterocycles. The number of hydrogen-bond donors (Lipinski definition) is 2. The lowest BCUT2D eigenvalue weighted by Crippen LogP contribution is -2.41. The molecule has 0 radical (unpaired) electrons. The predicted octanol–water partition coefficient (Wildman–Crippen LogP) is 3.94. The minimum absolute atomic E-state index is 0.00318. The van der Waals surface area contributed by atoms with Crippen LogP contribution >= 0.6 is 11.6 Å². The summed E-state index contributed by atoms with van der Waals surface area (Å²) in [4.78, 5) is 24.7. The molecule has 3 N–H and O–H groups in total. The van der Waals surface area contributed by atoms with Gasteiger partial charge in [0.05, 0.1) is 11.7 Å². The van der Waals surface area contributed by atoms with E-state index < -0.39 is 0 Å². The molecule has 0 unspecified atom stereocenters. The number of carbonyl (C=O) groups is 1. The molecular formula is C25H27ClN4O2. The molecule has 32 heavy (non-hydrogen) atoms. The van der Waals surface area contributed by atoms with E-state index in [9.17, 15) is 9.59 Å². The van der Waals surface area contributed by atoms with E-state index in [0.717, 1.165) is 36.8 Å². The summed E-state index contributed by atoms with van der Waals surface area (Å²) >= 11 is 6.22. The van der Waals surface area contributed by atoms with Gasteiger partial charge in [-0.05, 0) is 61.6 Å². The molecule has 0 aliphatic heterocycles. The zero-order chi connectivity index (χ0) is 22.7. The van der Waals surface area contributed by atoms with Gasteiger partial charge in [-0.15, -0.1) is 0 Å². The van der Waals surface area contributed by atoms with Crippen molar-refractivity contribution in [2.45, 2.75) is 37.1 Å². The van der Waals surface area contributed by atoms with Gasteiger partial charge in [0.25, 0.3) is 11.5 Å². The maximum absolute atomic E-state index is 12.7. The number of hydrogen-bond acceptors (Lipinski definition) is 4. The summed E-state index contributed by atoms with van der Waals surface area (Å²) in [5.41, 5.74) is 9.14. The lowest BCUT2D eigenvalue weighted by Gasteiger charge is -2.40. The lowest BCUT2D eigenvalue weighted by molar-refractivity contribution is 0.0963. The third-order valence-corrected chi connectivity index (χ3v) is 6.79. The van der Waals surface area contributed by atoms with E-state index >= 15 is 0 Å². The molecule has 0 spiro atoms. The van der Waals surface area contributed by atoms with Crippen LogP contribution in [-0.2, 0) is 5.41 Å². The van der Waals surface area contributed by atoms with Gasteiger partial charge in [0, 0.05) is 41.2 Å². The van der Waals surface area contributed by atoms with Gasteiger partial charge >= 0.3 is 0 Å². The molecule has 7 heteroatoms. The summed E-state index contributed by atoms with van der Waals surface area (Å²) < 4.78 is 1.60. The average Bonchev–Trinajstić information content (AvgIpc) is 2.84. The molecule has 1 saturated carbocycles. The zero-order valence-corrected chi connectivity index (χ0v) is 18.8. The molecule has 166 valence electrons. The van der Waals surface area contributed by atoms with Gasteiger partial charge in [0.1, 0.15) is 0 Å². The summed E-state index contributed by atoms with van der Waals surface area (Å²) in [6, 6.07) is 18.4. The van der Waals surface area contributed by atoms with E-state index in [4.69, 9.17) is 17.3 Å². The monoisotopic (exact) mass is 450 g/mol. The van der Waals surface area contributed by atoms with Gasteiger partial charge in [0.2, 0.25) is 0 Å². The summed E-state index contributed by atoms with van der Waals surface area (Å²) in [5.74, 6) is -0.161. The zero-order valence-electron chi connectivity index (χ0n) is 18.1. The van der Waals surface area contributed by atoms with Crippen molar-refractivity contribution in [3.8, 4) is 11.3 Å². The lowest BCUT2D eigenvalue weighted by atomic mass is 9.68. The maximum Gasteiger partial charge on any atom is 0.267 e. The third-order valence-electron chi connectivity index (χ3n) is 6.56. The molecule has 4 rings (SSSR count). The highest BCUT2D eigenvalue weighted by Crippen LogP contribution is 2.42. The van der Waals surface area contributed by atoms with E-state index in [1.807, 2.05) is 30.3 Å². The molecule has 0 atom stereocenters. The first-order chi connectivity index (χ1) is 15.5. The van der Waals surface area contributed by atoms with E-state index in [-0.39, 0.29) is 22.9 Å². The number of nitrogens with zero attached hydrogens (tertiary/aromatic N) is 2. The van der Waals surface area contributed by atoms with E-state index in [2.05, 4.69) is 16.5 Å². The van der Waals surface area contributed by atoms with Gasteiger partial charge in [-0.3, -0.25) is 9.59 Å². The Morgan fingerprint density at radius 1 is 1.16 bits per heavy atom. The summed E-state index contributed by atoms with van der Waals surface area (Å²) in [6.45, 7) is 0.536. The first kappa shape index (κ1) is 22.2. The Balaban J connectivity index is 1.59. The van der Waals surface area contributed by atoms with Gasteiger partial charge in [0.15, 0.2) is 0 Å². The SMILES string of the molecule is CNC(=O)c1cccc(-c2ccc(=O)n([C@H]3CC[C@](CN)(c4cccc(Cl)c4)CC3)n2)c1. The first-order valence-corrected chi connectivity index (χ1v) is 11.2. The normalized spacial score (nSPS) is 20.7. The van der Waals surface area contributed by atoms with Crippen LogP contribution in [0.15, 0.2) is 65.5 Å². The Kier molecular flexibility index (Phi) is 6.44. The minimum Gasteiger partial charge on any atom is -0.355 e. The highest BCUT2D eigenvalue weighted by Gasteiger charge is 2.37. The molecule has 1 amide bonds. The van der Waals surface area contributed by atoms with Gasteiger partial charge < -0.3 is 11.1 Å². The van der Waals surface area contributed by atoms with Crippen molar-refractivity contribution in [2.24, 2.45) is 5.73 Å². The van der Waals surface area contributed by atoms with Crippen LogP contribution in [0.4, 0.5) is 0 Å². The maximum atomic E-state index is 12.7. The number of aromatic nitrogens is 2. The largest absolute Gasteiger partial charge is 0.355 e. The molecule has 0 saturated heterocycles. The second-order valence-corrected chi connectivity index (χ2v) is 8.82. The van der Waals surface area contributed by atoms with E-state index in [1.54, 1.807) is 36.0 Å². The fourth-order valence-corrected chi connectivity index (χ4v) is 4.82. The first-order valence-electron chi connectivity index (χ1n) is 10.8. The Labute approximate surface area is 192 Å². The molecule has 2 aromatic carbocycles. The minimum atomic E-state index is -0.161. The van der Waals surface area contributed by atoms with E-state index in [1.165, 1.54) is 0 Å². The quantitative estimate of drug-likeness (QED) is 0.616. The highest BCUT2D eigenvalue weighted by molar-refractivity contribution is 6.30. The Morgan fingerprint density at radius 3 is 2.59 bits per heavy atom. The van der Waals surface area contributed by atoms with Crippen LogP contribution in [0.2, 0.25) is 5.02 Å². The summed E-state index contributed by atoms with van der Waals surface area (Å²) in [5, 5.41) is 8.01. The van der Waals surface area contributed by atoms with Crippen molar-refractivity contribution in [1.82, 2.24) is 15.1 Å². The fourth-order valence-electron chi connectivity index (χ4n) is 4.63. The van der Waals surface area contributed by atoms with Crippen molar-refractivity contribution in [3.05, 3.63) is 87.2 Å². The van der Waals surface area contributed by atoms with Gasteiger partial charge in [-0.2, -0.15) is 5.10 Å². The number of rotatable bonds is 5. The van der Waals surface area contributed by atoms with Gasteiger partial charge in [-0.25, -0.2) is 4.68 Å². The summed E-state index contributed by atoms with van der Waals surface area (Å²) in [6.07, 6.45) is 3.33. The van der Waals surface area contributed by atoms with Crippen LogP contribution in [-0.4, -0.2) is 29.3 Å². The molecule has 1 aliphatic carbocycles. The second-order valence-electron chi connectivity index (χ2n) is 8.39.